The lowest BCUT2D eigenvalue weighted by Gasteiger charge is -2.17. The second kappa shape index (κ2) is 7.70. The van der Waals surface area contributed by atoms with Crippen molar-refractivity contribution in [2.75, 3.05) is 23.7 Å². The first-order valence-corrected chi connectivity index (χ1v) is 10.8. The molecule has 29 heavy (non-hydrogen) atoms. The summed E-state index contributed by atoms with van der Waals surface area (Å²) in [5.41, 5.74) is 1.13. The van der Waals surface area contributed by atoms with Crippen LogP contribution >= 0.6 is 11.8 Å². The number of rotatable bonds is 7. The van der Waals surface area contributed by atoms with E-state index in [2.05, 4.69) is 19.7 Å². The van der Waals surface area contributed by atoms with Crippen LogP contribution in [0.3, 0.4) is 0 Å². The standard InChI is InChI=1S/C19H24F3N5OS/c1-12-9-15(13(2)26(12)11-19(20,21)22)16(28)10-29-18-24-23-17(25-7-3-4-8-25)27(18)14-5-6-14/h9,14H,3-8,10-11H2,1-2H3. The van der Waals surface area contributed by atoms with Crippen LogP contribution in [0.25, 0.3) is 0 Å². The maximum Gasteiger partial charge on any atom is 0.406 e. The number of alkyl halides is 3. The van der Waals surface area contributed by atoms with Crippen molar-refractivity contribution in [2.45, 2.75) is 63.5 Å². The highest BCUT2D eigenvalue weighted by Gasteiger charge is 2.33. The second-order valence-electron chi connectivity index (χ2n) is 7.78. The van der Waals surface area contributed by atoms with E-state index in [1.807, 2.05) is 0 Å². The first-order chi connectivity index (χ1) is 13.7. The molecule has 1 aliphatic heterocycles. The molecule has 4 rings (SSSR count). The van der Waals surface area contributed by atoms with Crippen LogP contribution in [-0.2, 0) is 6.54 Å². The fraction of sp³-hybridized carbons (Fsp3) is 0.632. The Bertz CT molecular complexity index is 910. The predicted octanol–water partition coefficient (Wildman–Crippen LogP) is 4.17. The Hall–Kier alpha value is -1.97. The molecule has 0 spiro atoms. The number of anilines is 1. The SMILES string of the molecule is Cc1cc(C(=O)CSc2nnc(N3CCCC3)n2C2CC2)c(C)n1CC(F)(F)F. The molecule has 158 valence electrons. The van der Waals surface area contributed by atoms with Crippen LogP contribution < -0.4 is 4.90 Å². The van der Waals surface area contributed by atoms with Crippen molar-refractivity contribution in [3.05, 3.63) is 23.0 Å². The summed E-state index contributed by atoms with van der Waals surface area (Å²) in [6, 6.07) is 1.93. The molecule has 0 atom stereocenters. The molecule has 0 unspecified atom stereocenters. The van der Waals surface area contributed by atoms with Gasteiger partial charge in [0.25, 0.3) is 0 Å². The number of nitrogens with zero attached hydrogens (tertiary/aromatic N) is 5. The fourth-order valence-corrected chi connectivity index (χ4v) is 4.75. The van der Waals surface area contributed by atoms with Gasteiger partial charge in [0.15, 0.2) is 10.9 Å². The van der Waals surface area contributed by atoms with Gasteiger partial charge >= 0.3 is 6.18 Å². The fourth-order valence-electron chi connectivity index (χ4n) is 3.87. The number of aryl methyl sites for hydroxylation is 1. The third-order valence-corrected chi connectivity index (χ3v) is 6.43. The van der Waals surface area contributed by atoms with Crippen LogP contribution in [0.2, 0.25) is 0 Å². The van der Waals surface area contributed by atoms with E-state index in [4.69, 9.17) is 0 Å². The summed E-state index contributed by atoms with van der Waals surface area (Å²) in [4.78, 5) is 15.0. The van der Waals surface area contributed by atoms with Gasteiger partial charge in [0.2, 0.25) is 5.95 Å². The summed E-state index contributed by atoms with van der Waals surface area (Å²) in [6.07, 6.45) is 0.131. The number of halogens is 3. The summed E-state index contributed by atoms with van der Waals surface area (Å²) < 4.78 is 41.7. The highest BCUT2D eigenvalue weighted by Crippen LogP contribution is 2.41. The van der Waals surface area contributed by atoms with Crippen LogP contribution in [0, 0.1) is 13.8 Å². The largest absolute Gasteiger partial charge is 0.406 e. The van der Waals surface area contributed by atoms with Gasteiger partial charge in [0, 0.05) is 36.1 Å². The Morgan fingerprint density at radius 3 is 2.52 bits per heavy atom. The van der Waals surface area contributed by atoms with Gasteiger partial charge in [-0.3, -0.25) is 9.36 Å². The second-order valence-corrected chi connectivity index (χ2v) is 8.72. The number of aromatic nitrogens is 4. The predicted molar refractivity (Wildman–Crippen MR) is 105 cm³/mol. The summed E-state index contributed by atoms with van der Waals surface area (Å²) in [7, 11) is 0. The average molecular weight is 427 g/mol. The van der Waals surface area contributed by atoms with Gasteiger partial charge < -0.3 is 9.47 Å². The molecule has 2 aromatic heterocycles. The van der Waals surface area contributed by atoms with Crippen molar-refractivity contribution in [1.29, 1.82) is 0 Å². The molecular weight excluding hydrogens is 403 g/mol. The first-order valence-electron chi connectivity index (χ1n) is 9.84. The normalized spacial score (nSPS) is 17.3. The van der Waals surface area contributed by atoms with E-state index in [9.17, 15) is 18.0 Å². The summed E-state index contributed by atoms with van der Waals surface area (Å²) >= 11 is 1.32. The van der Waals surface area contributed by atoms with Crippen molar-refractivity contribution < 1.29 is 18.0 Å². The number of hydrogen-bond donors (Lipinski definition) is 0. The van der Waals surface area contributed by atoms with E-state index < -0.39 is 12.7 Å². The van der Waals surface area contributed by atoms with E-state index in [0.29, 0.717) is 28.1 Å². The van der Waals surface area contributed by atoms with Crippen molar-refractivity contribution in [1.82, 2.24) is 19.3 Å². The van der Waals surface area contributed by atoms with Crippen molar-refractivity contribution in [3.8, 4) is 0 Å². The van der Waals surface area contributed by atoms with Crippen LogP contribution in [0.5, 0.6) is 0 Å². The average Bonchev–Trinajstić information content (AvgIpc) is 3.07. The molecule has 0 bridgehead atoms. The van der Waals surface area contributed by atoms with E-state index >= 15 is 0 Å². The smallest absolute Gasteiger partial charge is 0.341 e. The van der Waals surface area contributed by atoms with Gasteiger partial charge in [-0.1, -0.05) is 11.8 Å². The van der Waals surface area contributed by atoms with E-state index in [-0.39, 0.29) is 11.5 Å². The topological polar surface area (TPSA) is 56.0 Å². The summed E-state index contributed by atoms with van der Waals surface area (Å²) in [5, 5.41) is 9.39. The lowest BCUT2D eigenvalue weighted by atomic mass is 10.2. The Morgan fingerprint density at radius 2 is 1.90 bits per heavy atom. The number of hydrogen-bond acceptors (Lipinski definition) is 5. The molecule has 3 heterocycles. The highest BCUT2D eigenvalue weighted by molar-refractivity contribution is 7.99. The number of Topliss-reactive ketones (excluding diaryl/α,β-unsaturated/α-hetero) is 1. The zero-order chi connectivity index (χ0) is 20.8. The van der Waals surface area contributed by atoms with E-state index in [1.54, 1.807) is 19.9 Å². The number of carbonyl (C=O) groups excluding carboxylic acids is 1. The van der Waals surface area contributed by atoms with Crippen LogP contribution in [0.1, 0.15) is 53.5 Å². The molecule has 10 heteroatoms. The lowest BCUT2D eigenvalue weighted by molar-refractivity contribution is -0.141. The van der Waals surface area contributed by atoms with Gasteiger partial charge in [0.05, 0.1) is 5.75 Å². The van der Waals surface area contributed by atoms with Crippen LogP contribution in [0.4, 0.5) is 19.1 Å². The van der Waals surface area contributed by atoms with Gasteiger partial charge in [-0.15, -0.1) is 10.2 Å². The van der Waals surface area contributed by atoms with Gasteiger partial charge in [-0.2, -0.15) is 13.2 Å². The molecule has 0 aromatic carbocycles. The monoisotopic (exact) mass is 427 g/mol. The molecule has 1 aliphatic carbocycles. The molecular formula is C19H24F3N5OS. The van der Waals surface area contributed by atoms with Crippen molar-refractivity contribution in [3.63, 3.8) is 0 Å². The number of ketones is 1. The Labute approximate surface area is 171 Å². The molecule has 6 nitrogen and oxygen atoms in total. The maximum atomic E-state index is 12.8. The molecule has 2 aromatic rings. The molecule has 2 aliphatic rings. The molecule has 0 radical (unpaired) electrons. The Balaban J connectivity index is 1.49. The highest BCUT2D eigenvalue weighted by atomic mass is 32.2. The molecule has 0 amide bonds. The number of thioether (sulfide) groups is 1. The van der Waals surface area contributed by atoms with Crippen molar-refractivity contribution in [2.24, 2.45) is 0 Å². The van der Waals surface area contributed by atoms with Crippen LogP contribution in [0.15, 0.2) is 11.2 Å². The molecule has 1 saturated heterocycles. The van der Waals surface area contributed by atoms with E-state index in [1.165, 1.54) is 11.8 Å². The van der Waals surface area contributed by atoms with Gasteiger partial charge in [-0.25, -0.2) is 0 Å². The third-order valence-electron chi connectivity index (χ3n) is 5.49. The maximum absolute atomic E-state index is 12.8. The van der Waals surface area contributed by atoms with E-state index in [0.717, 1.165) is 49.3 Å². The van der Waals surface area contributed by atoms with Crippen LogP contribution in [-0.4, -0.2) is 50.1 Å². The Kier molecular flexibility index (Phi) is 5.39. The minimum atomic E-state index is -4.32. The molecule has 2 fully saturated rings. The first kappa shape index (κ1) is 20.3. The number of carbonyl (C=O) groups is 1. The molecule has 0 N–H and O–H groups in total. The van der Waals surface area contributed by atoms with Gasteiger partial charge in [-0.05, 0) is 45.6 Å². The molecule has 1 saturated carbocycles. The summed E-state index contributed by atoms with van der Waals surface area (Å²) in [5.74, 6) is 0.814. The summed E-state index contributed by atoms with van der Waals surface area (Å²) in [6.45, 7) is 4.02. The zero-order valence-corrected chi connectivity index (χ0v) is 17.3. The Morgan fingerprint density at radius 1 is 1.21 bits per heavy atom. The third kappa shape index (κ3) is 4.31. The minimum absolute atomic E-state index is 0.126. The van der Waals surface area contributed by atoms with Gasteiger partial charge in [0.1, 0.15) is 6.54 Å². The lowest BCUT2D eigenvalue weighted by Crippen LogP contribution is -2.22. The quantitative estimate of drug-likeness (QED) is 0.490. The zero-order valence-electron chi connectivity index (χ0n) is 16.5. The van der Waals surface area contributed by atoms with Crippen molar-refractivity contribution >= 4 is 23.5 Å². The minimum Gasteiger partial charge on any atom is -0.341 e.